The van der Waals surface area contributed by atoms with Gasteiger partial charge in [-0.05, 0) is 44.0 Å². The summed E-state index contributed by atoms with van der Waals surface area (Å²) >= 11 is 1.16. The first kappa shape index (κ1) is 21.6. The largest absolute Gasteiger partial charge is 0.497 e. The Bertz CT molecular complexity index is 943. The van der Waals surface area contributed by atoms with Crippen LogP contribution in [0.2, 0.25) is 0 Å². The maximum atomic E-state index is 12.9. The fraction of sp³-hybridized carbons (Fsp3) is 0.526. The molecule has 10 heteroatoms. The number of sulfone groups is 1. The highest BCUT2D eigenvalue weighted by molar-refractivity contribution is 7.99. The summed E-state index contributed by atoms with van der Waals surface area (Å²) in [6.45, 7) is 3.93. The Morgan fingerprint density at radius 1 is 1.34 bits per heavy atom. The number of carbonyl (C=O) groups is 1. The van der Waals surface area contributed by atoms with Crippen molar-refractivity contribution in [3.63, 3.8) is 0 Å². The molecule has 1 aliphatic heterocycles. The molecule has 1 aromatic carbocycles. The molecule has 1 aromatic heterocycles. The number of ether oxygens (including phenoxy) is 1. The van der Waals surface area contributed by atoms with Crippen LogP contribution >= 0.6 is 11.8 Å². The first-order valence-electron chi connectivity index (χ1n) is 9.45. The molecule has 0 saturated carbocycles. The summed E-state index contributed by atoms with van der Waals surface area (Å²) in [7, 11) is -1.47. The second-order valence-corrected chi connectivity index (χ2v) is 10.2. The van der Waals surface area contributed by atoms with Crippen molar-refractivity contribution in [1.29, 1.82) is 0 Å². The number of nitrogens with zero attached hydrogens (tertiary/aromatic N) is 3. The average Bonchev–Trinajstić information content (AvgIpc) is 3.32. The number of thioether (sulfide) groups is 1. The van der Waals surface area contributed by atoms with Crippen molar-refractivity contribution in [3.8, 4) is 17.2 Å². The number of hydrogen-bond acceptors (Lipinski definition) is 8. The van der Waals surface area contributed by atoms with Crippen LogP contribution in [0.5, 0.6) is 5.75 Å². The van der Waals surface area contributed by atoms with Crippen molar-refractivity contribution in [2.24, 2.45) is 0 Å². The van der Waals surface area contributed by atoms with Crippen molar-refractivity contribution in [3.05, 3.63) is 24.3 Å². The van der Waals surface area contributed by atoms with E-state index in [-0.39, 0.29) is 35.2 Å². The van der Waals surface area contributed by atoms with Gasteiger partial charge in [0.15, 0.2) is 9.84 Å². The van der Waals surface area contributed by atoms with Gasteiger partial charge in [0, 0.05) is 17.6 Å². The number of rotatable bonds is 8. The summed E-state index contributed by atoms with van der Waals surface area (Å²) < 4.78 is 34.5. The summed E-state index contributed by atoms with van der Waals surface area (Å²) in [5, 5.41) is 8.33. The molecule has 0 radical (unpaired) electrons. The lowest BCUT2D eigenvalue weighted by Gasteiger charge is -2.33. The van der Waals surface area contributed by atoms with Crippen molar-refractivity contribution >= 4 is 27.5 Å². The summed E-state index contributed by atoms with van der Waals surface area (Å²) in [6, 6.07) is 6.94. The number of aromatic nitrogens is 2. The van der Waals surface area contributed by atoms with Gasteiger partial charge in [-0.15, -0.1) is 10.2 Å². The molecule has 0 aliphatic carbocycles. The van der Waals surface area contributed by atoms with Crippen LogP contribution in [0, 0.1) is 0 Å². The van der Waals surface area contributed by atoms with E-state index < -0.39 is 9.84 Å². The van der Waals surface area contributed by atoms with E-state index in [1.54, 1.807) is 24.1 Å². The van der Waals surface area contributed by atoms with Crippen LogP contribution in [-0.2, 0) is 14.6 Å². The molecule has 0 N–H and O–H groups in total. The monoisotopic (exact) mass is 439 g/mol. The van der Waals surface area contributed by atoms with Crippen LogP contribution in [0.15, 0.2) is 33.9 Å². The van der Waals surface area contributed by atoms with E-state index in [1.165, 1.54) is 0 Å². The van der Waals surface area contributed by atoms with E-state index in [4.69, 9.17) is 9.15 Å². The third kappa shape index (κ3) is 5.30. The third-order valence-electron chi connectivity index (χ3n) is 5.02. The fourth-order valence-corrected chi connectivity index (χ4v) is 5.66. The van der Waals surface area contributed by atoms with Gasteiger partial charge in [-0.25, -0.2) is 8.42 Å². The zero-order chi connectivity index (χ0) is 21.0. The standard InChI is InChI=1S/C19H25N3O5S2/c1-4-13(2)22(15-9-10-29(24,25)12-15)17(23)11-28-19-21-20-18(27-19)14-5-7-16(26-3)8-6-14/h5-8,13,15H,4,9-12H2,1-3H3. The highest BCUT2D eigenvalue weighted by atomic mass is 32.2. The zero-order valence-corrected chi connectivity index (χ0v) is 18.3. The number of benzene rings is 1. The van der Waals surface area contributed by atoms with Crippen molar-refractivity contribution < 1.29 is 22.4 Å². The van der Waals surface area contributed by atoms with Crippen LogP contribution in [0.1, 0.15) is 26.7 Å². The first-order valence-corrected chi connectivity index (χ1v) is 12.3. The Morgan fingerprint density at radius 3 is 2.66 bits per heavy atom. The number of amides is 1. The van der Waals surface area contributed by atoms with Gasteiger partial charge < -0.3 is 14.1 Å². The normalized spacial score (nSPS) is 19.1. The van der Waals surface area contributed by atoms with E-state index in [0.29, 0.717) is 17.5 Å². The molecule has 2 unspecified atom stereocenters. The molecular weight excluding hydrogens is 414 g/mol. The quantitative estimate of drug-likeness (QED) is 0.579. The second-order valence-electron chi connectivity index (χ2n) is 7.01. The van der Waals surface area contributed by atoms with Gasteiger partial charge in [-0.1, -0.05) is 18.7 Å². The van der Waals surface area contributed by atoms with E-state index in [0.717, 1.165) is 29.5 Å². The maximum Gasteiger partial charge on any atom is 0.277 e. The highest BCUT2D eigenvalue weighted by Crippen LogP contribution is 2.27. The Kier molecular flexibility index (Phi) is 6.84. The molecule has 1 saturated heterocycles. The molecular formula is C19H25N3O5S2. The number of hydrogen-bond donors (Lipinski definition) is 0. The Hall–Kier alpha value is -2.07. The zero-order valence-electron chi connectivity index (χ0n) is 16.7. The Morgan fingerprint density at radius 2 is 2.07 bits per heavy atom. The van der Waals surface area contributed by atoms with E-state index in [1.807, 2.05) is 26.0 Å². The number of carbonyl (C=O) groups excluding carboxylic acids is 1. The summed E-state index contributed by atoms with van der Waals surface area (Å²) in [5.41, 5.74) is 0.758. The van der Waals surface area contributed by atoms with Gasteiger partial charge in [0.05, 0.1) is 24.4 Å². The van der Waals surface area contributed by atoms with Crippen LogP contribution in [0.3, 0.4) is 0 Å². The fourth-order valence-electron chi connectivity index (χ4n) is 3.32. The predicted molar refractivity (Wildman–Crippen MR) is 111 cm³/mol. The topological polar surface area (TPSA) is 103 Å². The molecule has 3 rings (SSSR count). The minimum Gasteiger partial charge on any atom is -0.497 e. The molecule has 1 fully saturated rings. The molecule has 1 aliphatic rings. The second kappa shape index (κ2) is 9.17. The minimum atomic E-state index is -3.07. The van der Waals surface area contributed by atoms with Crippen molar-refractivity contribution in [2.45, 2.75) is 44.0 Å². The molecule has 2 heterocycles. The van der Waals surface area contributed by atoms with Crippen LogP contribution in [0.25, 0.3) is 11.5 Å². The third-order valence-corrected chi connectivity index (χ3v) is 7.57. The lowest BCUT2D eigenvalue weighted by Crippen LogP contribution is -2.47. The molecule has 8 nitrogen and oxygen atoms in total. The maximum absolute atomic E-state index is 12.9. The molecule has 1 amide bonds. The molecule has 158 valence electrons. The van der Waals surface area contributed by atoms with Crippen LogP contribution in [-0.4, -0.2) is 65.9 Å². The van der Waals surface area contributed by atoms with Gasteiger partial charge in [0.2, 0.25) is 11.8 Å². The smallest absolute Gasteiger partial charge is 0.277 e. The molecule has 0 bridgehead atoms. The summed E-state index contributed by atoms with van der Waals surface area (Å²) in [6.07, 6.45) is 1.25. The molecule has 0 spiro atoms. The summed E-state index contributed by atoms with van der Waals surface area (Å²) in [5.74, 6) is 1.27. The van der Waals surface area contributed by atoms with E-state index in [2.05, 4.69) is 10.2 Å². The summed E-state index contributed by atoms with van der Waals surface area (Å²) in [4.78, 5) is 14.6. The molecule has 2 aromatic rings. The van der Waals surface area contributed by atoms with Gasteiger partial charge >= 0.3 is 0 Å². The van der Waals surface area contributed by atoms with Crippen LogP contribution in [0.4, 0.5) is 0 Å². The predicted octanol–water partition coefficient (Wildman–Crippen LogP) is 2.65. The van der Waals surface area contributed by atoms with E-state index in [9.17, 15) is 13.2 Å². The average molecular weight is 440 g/mol. The van der Waals surface area contributed by atoms with Crippen molar-refractivity contribution in [1.82, 2.24) is 15.1 Å². The SMILES string of the molecule is CCC(C)N(C(=O)CSc1nnc(-c2ccc(OC)cc2)o1)C1CCS(=O)(=O)C1. The van der Waals surface area contributed by atoms with Crippen molar-refractivity contribution in [2.75, 3.05) is 24.4 Å². The molecule has 29 heavy (non-hydrogen) atoms. The van der Waals surface area contributed by atoms with Gasteiger partial charge in [-0.2, -0.15) is 0 Å². The van der Waals surface area contributed by atoms with Crippen LogP contribution < -0.4 is 4.74 Å². The Balaban J connectivity index is 1.64. The molecule has 2 atom stereocenters. The first-order chi connectivity index (χ1) is 13.8. The van der Waals surface area contributed by atoms with Gasteiger partial charge in [0.1, 0.15) is 5.75 Å². The van der Waals surface area contributed by atoms with E-state index >= 15 is 0 Å². The van der Waals surface area contributed by atoms with Gasteiger partial charge in [-0.3, -0.25) is 4.79 Å². The number of methoxy groups -OCH3 is 1. The minimum absolute atomic E-state index is 0.0288. The highest BCUT2D eigenvalue weighted by Gasteiger charge is 2.36. The van der Waals surface area contributed by atoms with Gasteiger partial charge in [0.25, 0.3) is 5.22 Å². The lowest BCUT2D eigenvalue weighted by atomic mass is 10.1. The lowest BCUT2D eigenvalue weighted by molar-refractivity contribution is -0.132. The Labute approximate surface area is 174 Å².